The van der Waals surface area contributed by atoms with Crippen LogP contribution in [0.4, 0.5) is 0 Å². The van der Waals surface area contributed by atoms with E-state index in [9.17, 15) is 39.9 Å². The van der Waals surface area contributed by atoms with Gasteiger partial charge in [-0.25, -0.2) is 14.4 Å². The van der Waals surface area contributed by atoms with Crippen molar-refractivity contribution >= 4 is 17.9 Å². The molecule has 10 atom stereocenters. The lowest BCUT2D eigenvalue weighted by atomic mass is 9.96. The zero-order valence-corrected chi connectivity index (χ0v) is 21.2. The molecule has 0 amide bonds. The summed E-state index contributed by atoms with van der Waals surface area (Å²) >= 11 is 0. The smallest absolute Gasteiger partial charge is 0.333 e. The van der Waals surface area contributed by atoms with E-state index in [0.717, 1.165) is 0 Å². The fraction of sp³-hybridized carbons (Fsp3) is 0.625. The van der Waals surface area contributed by atoms with Crippen molar-refractivity contribution in [2.45, 2.75) is 82.2 Å². The van der Waals surface area contributed by atoms with E-state index < -0.39 is 92.5 Å². The van der Waals surface area contributed by atoms with Gasteiger partial charge in [0.25, 0.3) is 0 Å². The largest absolute Gasteiger partial charge is 0.452 e. The zero-order valence-electron chi connectivity index (χ0n) is 21.2. The molecule has 2 heterocycles. The molecule has 0 aliphatic carbocycles. The molecule has 2 saturated heterocycles. The topological polar surface area (TPSA) is 208 Å². The maximum Gasteiger partial charge on any atom is 0.333 e. The van der Waals surface area contributed by atoms with Crippen LogP contribution in [0.5, 0.6) is 0 Å². The van der Waals surface area contributed by atoms with Gasteiger partial charge in [-0.2, -0.15) is 0 Å². The van der Waals surface area contributed by atoms with Crippen LogP contribution >= 0.6 is 0 Å². The van der Waals surface area contributed by atoms with Gasteiger partial charge in [-0.1, -0.05) is 19.7 Å². The SMILES string of the molecule is C=C(C)C(=O)O[C@H]1[C@@H](OC(=O)C(=C)C)[C@@H](CO)O[C@@H](O[C@H]2[C@H](O)[C@@H](O)[C@H](O)O[C@@H]2CO)[C@@H]1OC(=O)C(=C)C. The van der Waals surface area contributed by atoms with Crippen molar-refractivity contribution in [1.29, 1.82) is 0 Å². The molecule has 0 aromatic carbocycles. The molecule has 38 heavy (non-hydrogen) atoms. The van der Waals surface area contributed by atoms with E-state index in [2.05, 4.69) is 19.7 Å². The Hall–Kier alpha value is -2.69. The minimum atomic E-state index is -1.86. The first-order valence-corrected chi connectivity index (χ1v) is 11.5. The second-order valence-corrected chi connectivity index (χ2v) is 9.01. The maximum atomic E-state index is 12.5. The molecule has 0 saturated carbocycles. The summed E-state index contributed by atoms with van der Waals surface area (Å²) in [6, 6.07) is 0. The molecule has 0 bridgehead atoms. The average Bonchev–Trinajstić information content (AvgIpc) is 2.86. The van der Waals surface area contributed by atoms with Crippen LogP contribution in [0.3, 0.4) is 0 Å². The highest BCUT2D eigenvalue weighted by Crippen LogP contribution is 2.33. The maximum absolute atomic E-state index is 12.5. The number of esters is 3. The van der Waals surface area contributed by atoms with Gasteiger partial charge in [0.15, 0.2) is 30.9 Å². The van der Waals surface area contributed by atoms with Gasteiger partial charge >= 0.3 is 17.9 Å². The summed E-state index contributed by atoms with van der Waals surface area (Å²) in [5.74, 6) is -2.91. The van der Waals surface area contributed by atoms with Crippen LogP contribution in [0.2, 0.25) is 0 Å². The Kier molecular flexibility index (Phi) is 11.1. The number of aliphatic hydroxyl groups is 5. The molecule has 214 valence electrons. The number of carbonyl (C=O) groups is 3. The van der Waals surface area contributed by atoms with Crippen LogP contribution in [-0.2, 0) is 42.8 Å². The Labute approximate surface area is 218 Å². The van der Waals surface area contributed by atoms with Crippen LogP contribution in [0.25, 0.3) is 0 Å². The molecule has 0 aromatic heterocycles. The second-order valence-electron chi connectivity index (χ2n) is 9.01. The monoisotopic (exact) mass is 546 g/mol. The molecule has 14 heteroatoms. The molecule has 14 nitrogen and oxygen atoms in total. The van der Waals surface area contributed by atoms with Crippen molar-refractivity contribution in [3.63, 3.8) is 0 Å². The van der Waals surface area contributed by atoms with Gasteiger partial charge in [0.2, 0.25) is 0 Å². The zero-order chi connectivity index (χ0) is 28.9. The molecule has 5 N–H and O–H groups in total. The third kappa shape index (κ3) is 7.24. The molecule has 0 radical (unpaired) electrons. The Balaban J connectivity index is 2.56. The molecule has 2 fully saturated rings. The van der Waals surface area contributed by atoms with Crippen LogP contribution < -0.4 is 0 Å². The van der Waals surface area contributed by atoms with Crippen molar-refractivity contribution in [2.75, 3.05) is 13.2 Å². The summed E-state index contributed by atoms with van der Waals surface area (Å²) in [4.78, 5) is 37.4. The molecule has 2 rings (SSSR count). The highest BCUT2D eigenvalue weighted by molar-refractivity contribution is 5.88. The summed E-state index contributed by atoms with van der Waals surface area (Å²) in [6.45, 7) is 12.8. The summed E-state index contributed by atoms with van der Waals surface area (Å²) in [5.41, 5.74) is -0.194. The van der Waals surface area contributed by atoms with E-state index >= 15 is 0 Å². The van der Waals surface area contributed by atoms with Gasteiger partial charge in [-0.05, 0) is 20.8 Å². The third-order valence-electron chi connectivity index (χ3n) is 5.68. The van der Waals surface area contributed by atoms with E-state index in [4.69, 9.17) is 28.4 Å². The van der Waals surface area contributed by atoms with Crippen LogP contribution in [0.1, 0.15) is 20.8 Å². The summed E-state index contributed by atoms with van der Waals surface area (Å²) < 4.78 is 32.8. The van der Waals surface area contributed by atoms with Gasteiger partial charge < -0.3 is 54.0 Å². The van der Waals surface area contributed by atoms with E-state index in [1.54, 1.807) is 0 Å². The highest BCUT2D eigenvalue weighted by Gasteiger charge is 2.55. The quantitative estimate of drug-likeness (QED) is 0.114. The van der Waals surface area contributed by atoms with Crippen molar-refractivity contribution in [2.24, 2.45) is 0 Å². The number of hydrogen-bond donors (Lipinski definition) is 5. The third-order valence-corrected chi connectivity index (χ3v) is 5.68. The minimum Gasteiger partial charge on any atom is -0.452 e. The number of aliphatic hydroxyl groups excluding tert-OH is 5. The first-order valence-electron chi connectivity index (χ1n) is 11.5. The number of ether oxygens (including phenoxy) is 6. The van der Waals surface area contributed by atoms with E-state index in [-0.39, 0.29) is 16.7 Å². The molecule has 0 aromatic rings. The lowest BCUT2D eigenvalue weighted by molar-refractivity contribution is -0.356. The van der Waals surface area contributed by atoms with E-state index in [1.807, 2.05) is 0 Å². The first kappa shape index (κ1) is 31.5. The van der Waals surface area contributed by atoms with Crippen LogP contribution in [-0.4, -0.2) is 118 Å². The fourth-order valence-electron chi connectivity index (χ4n) is 3.60. The first-order chi connectivity index (χ1) is 17.7. The molecule has 0 spiro atoms. The Morgan fingerprint density at radius 3 is 1.53 bits per heavy atom. The molecular formula is C24H34O14. The Morgan fingerprint density at radius 2 is 1.08 bits per heavy atom. The Morgan fingerprint density at radius 1 is 0.658 bits per heavy atom. The summed E-state index contributed by atoms with van der Waals surface area (Å²) in [6.07, 6.45) is -16.7. The molecule has 2 aliphatic heterocycles. The normalized spacial score (nSPS) is 35.1. The predicted octanol–water partition coefficient (Wildman–Crippen LogP) is -2.02. The standard InChI is InChI=1S/C24H34O14/c1-9(2)20(29)35-17-13(8-26)34-24(38-16-12(7-25)33-23(32)15(28)14(16)27)19(37-22(31)11(5)6)18(17)36-21(30)10(3)4/h12-19,23-28,32H,1,3,5,7-8H2,2,4,6H3/t12-,13-,14-,15-,16-,17+,18+,19-,23-,24+/m1/s1. The van der Waals surface area contributed by atoms with Crippen molar-refractivity contribution in [3.05, 3.63) is 36.5 Å². The van der Waals surface area contributed by atoms with Crippen molar-refractivity contribution in [1.82, 2.24) is 0 Å². The lowest BCUT2D eigenvalue weighted by Gasteiger charge is -2.47. The average molecular weight is 547 g/mol. The highest BCUT2D eigenvalue weighted by atomic mass is 16.7. The van der Waals surface area contributed by atoms with Crippen LogP contribution in [0.15, 0.2) is 36.5 Å². The van der Waals surface area contributed by atoms with Crippen molar-refractivity contribution in [3.8, 4) is 0 Å². The summed E-state index contributed by atoms with van der Waals surface area (Å²) in [7, 11) is 0. The fourth-order valence-corrected chi connectivity index (χ4v) is 3.60. The summed E-state index contributed by atoms with van der Waals surface area (Å²) in [5, 5.41) is 50.1. The van der Waals surface area contributed by atoms with Gasteiger partial charge in [-0.3, -0.25) is 0 Å². The van der Waals surface area contributed by atoms with Gasteiger partial charge in [0.1, 0.15) is 30.5 Å². The van der Waals surface area contributed by atoms with Crippen molar-refractivity contribution < 1.29 is 68.3 Å². The minimum absolute atomic E-state index is 0.0404. The van der Waals surface area contributed by atoms with E-state index in [0.29, 0.717) is 0 Å². The van der Waals surface area contributed by atoms with E-state index in [1.165, 1.54) is 20.8 Å². The molecule has 2 aliphatic rings. The molecule has 0 unspecified atom stereocenters. The number of hydrogen-bond acceptors (Lipinski definition) is 14. The van der Waals surface area contributed by atoms with Crippen LogP contribution in [0, 0.1) is 0 Å². The van der Waals surface area contributed by atoms with Gasteiger partial charge in [0, 0.05) is 16.7 Å². The lowest BCUT2D eigenvalue weighted by Crippen LogP contribution is -2.66. The number of rotatable bonds is 10. The van der Waals surface area contributed by atoms with Gasteiger partial charge in [0.05, 0.1) is 13.2 Å². The Bertz CT molecular complexity index is 929. The molecular weight excluding hydrogens is 512 g/mol. The second kappa shape index (κ2) is 13.4. The predicted molar refractivity (Wildman–Crippen MR) is 125 cm³/mol. The van der Waals surface area contributed by atoms with Gasteiger partial charge in [-0.15, -0.1) is 0 Å². The number of carbonyl (C=O) groups excluding carboxylic acids is 3.